The Morgan fingerprint density at radius 2 is 2.08 bits per heavy atom. The molecule has 1 heterocycles. The first kappa shape index (κ1) is 8.10. The first-order chi connectivity index (χ1) is 6.16. The lowest BCUT2D eigenvalue weighted by atomic mass is 10.2. The van der Waals surface area contributed by atoms with Crippen LogP contribution in [0.15, 0.2) is 18.2 Å². The second-order valence-corrected chi connectivity index (χ2v) is 3.48. The van der Waals surface area contributed by atoms with Crippen LogP contribution < -0.4 is 4.90 Å². The number of benzene rings is 1. The summed E-state index contributed by atoms with van der Waals surface area (Å²) in [5.41, 5.74) is 3.37. The molecule has 0 saturated heterocycles. The van der Waals surface area contributed by atoms with Crippen molar-refractivity contribution in [2.45, 2.75) is 6.92 Å². The molecule has 2 rings (SSSR count). The van der Waals surface area contributed by atoms with E-state index in [1.807, 2.05) is 25.1 Å². The summed E-state index contributed by atoms with van der Waals surface area (Å²) in [6, 6.07) is 6.21. The molecule has 0 aliphatic carbocycles. The van der Waals surface area contributed by atoms with Crippen LogP contribution in [0.3, 0.4) is 0 Å². The number of hydrogen-bond acceptors (Lipinski definition) is 2. The van der Waals surface area contributed by atoms with Crippen LogP contribution in [0.25, 0.3) is 11.0 Å². The number of hydrogen-bond donors (Lipinski definition) is 1. The largest absolute Gasteiger partial charge is 0.349 e. The fourth-order valence-corrected chi connectivity index (χ4v) is 1.32. The van der Waals surface area contributed by atoms with Crippen molar-refractivity contribution >= 4 is 17.0 Å². The van der Waals surface area contributed by atoms with Crippen molar-refractivity contribution < 1.29 is 0 Å². The average molecular weight is 175 g/mol. The summed E-state index contributed by atoms with van der Waals surface area (Å²) in [5, 5.41) is 0. The number of aromatic nitrogens is 2. The molecular weight excluding hydrogens is 162 g/mol. The maximum atomic E-state index is 4.42. The third-order valence-corrected chi connectivity index (χ3v) is 2.05. The van der Waals surface area contributed by atoms with Gasteiger partial charge in [-0.2, -0.15) is 0 Å². The van der Waals surface area contributed by atoms with E-state index in [4.69, 9.17) is 0 Å². The van der Waals surface area contributed by atoms with E-state index in [-0.39, 0.29) is 0 Å². The fourth-order valence-electron chi connectivity index (χ4n) is 1.32. The van der Waals surface area contributed by atoms with Gasteiger partial charge in [-0.15, -0.1) is 0 Å². The second kappa shape index (κ2) is 2.76. The lowest BCUT2D eigenvalue weighted by Crippen LogP contribution is -2.09. The molecule has 0 aliphatic rings. The highest BCUT2D eigenvalue weighted by Gasteiger charge is 2.02. The predicted molar refractivity (Wildman–Crippen MR) is 55.2 cm³/mol. The van der Waals surface area contributed by atoms with Crippen LogP contribution in [0.4, 0.5) is 5.95 Å². The lowest BCUT2D eigenvalue weighted by Gasteiger charge is -2.05. The normalized spacial score (nSPS) is 10.7. The number of aromatic amines is 1. The summed E-state index contributed by atoms with van der Waals surface area (Å²) >= 11 is 0. The Morgan fingerprint density at radius 1 is 1.31 bits per heavy atom. The summed E-state index contributed by atoms with van der Waals surface area (Å²) in [5.74, 6) is 0.903. The molecule has 0 fully saturated rings. The summed E-state index contributed by atoms with van der Waals surface area (Å²) in [4.78, 5) is 9.64. The zero-order valence-corrected chi connectivity index (χ0v) is 8.13. The van der Waals surface area contributed by atoms with Crippen molar-refractivity contribution in [3.8, 4) is 0 Å². The lowest BCUT2D eigenvalue weighted by molar-refractivity contribution is 1.05. The van der Waals surface area contributed by atoms with Crippen molar-refractivity contribution in [1.82, 2.24) is 9.97 Å². The average Bonchev–Trinajstić information content (AvgIpc) is 2.46. The van der Waals surface area contributed by atoms with E-state index >= 15 is 0 Å². The van der Waals surface area contributed by atoms with Crippen molar-refractivity contribution in [2.75, 3.05) is 19.0 Å². The Kier molecular flexibility index (Phi) is 1.72. The van der Waals surface area contributed by atoms with Gasteiger partial charge in [0, 0.05) is 14.1 Å². The molecule has 3 heteroatoms. The summed E-state index contributed by atoms with van der Waals surface area (Å²) in [6.45, 7) is 2.08. The van der Waals surface area contributed by atoms with Crippen LogP contribution in [-0.2, 0) is 0 Å². The molecule has 0 saturated carbocycles. The number of fused-ring (bicyclic) bond motifs is 1. The molecule has 0 unspecified atom stereocenters. The maximum Gasteiger partial charge on any atom is 0.203 e. The highest BCUT2D eigenvalue weighted by atomic mass is 15.2. The van der Waals surface area contributed by atoms with Gasteiger partial charge in [0.25, 0.3) is 0 Å². The Labute approximate surface area is 77.4 Å². The number of nitrogens with zero attached hydrogens (tertiary/aromatic N) is 2. The monoisotopic (exact) mass is 175 g/mol. The van der Waals surface area contributed by atoms with Crippen molar-refractivity contribution in [3.63, 3.8) is 0 Å². The molecule has 0 amide bonds. The van der Waals surface area contributed by atoms with Crippen molar-refractivity contribution in [2.24, 2.45) is 0 Å². The van der Waals surface area contributed by atoms with Crippen molar-refractivity contribution in [1.29, 1.82) is 0 Å². The van der Waals surface area contributed by atoms with Gasteiger partial charge in [0.05, 0.1) is 11.0 Å². The van der Waals surface area contributed by atoms with Crippen LogP contribution in [0.1, 0.15) is 5.56 Å². The summed E-state index contributed by atoms with van der Waals surface area (Å²) in [7, 11) is 3.95. The van der Waals surface area contributed by atoms with E-state index in [0.717, 1.165) is 17.0 Å². The molecule has 0 radical (unpaired) electrons. The zero-order valence-electron chi connectivity index (χ0n) is 8.13. The molecule has 13 heavy (non-hydrogen) atoms. The quantitative estimate of drug-likeness (QED) is 0.718. The van der Waals surface area contributed by atoms with E-state index < -0.39 is 0 Å². The Hall–Kier alpha value is -1.51. The number of aryl methyl sites for hydroxylation is 1. The van der Waals surface area contributed by atoms with Crippen molar-refractivity contribution in [3.05, 3.63) is 23.8 Å². The van der Waals surface area contributed by atoms with E-state index in [1.165, 1.54) is 5.56 Å². The van der Waals surface area contributed by atoms with Crippen LogP contribution in [0.2, 0.25) is 0 Å². The third-order valence-electron chi connectivity index (χ3n) is 2.05. The number of rotatable bonds is 1. The van der Waals surface area contributed by atoms with E-state index in [0.29, 0.717) is 0 Å². The molecule has 0 bridgehead atoms. The van der Waals surface area contributed by atoms with Crippen LogP contribution in [0, 0.1) is 6.92 Å². The fraction of sp³-hybridized carbons (Fsp3) is 0.300. The topological polar surface area (TPSA) is 31.9 Å². The molecule has 1 aromatic heterocycles. The maximum absolute atomic E-state index is 4.42. The number of H-pyrrole nitrogens is 1. The molecule has 0 spiro atoms. The predicted octanol–water partition coefficient (Wildman–Crippen LogP) is 1.94. The molecule has 68 valence electrons. The Morgan fingerprint density at radius 3 is 2.77 bits per heavy atom. The van der Waals surface area contributed by atoms with Gasteiger partial charge in [0.2, 0.25) is 5.95 Å². The van der Waals surface area contributed by atoms with Gasteiger partial charge in [-0.3, -0.25) is 0 Å². The molecule has 2 aromatic rings. The first-order valence-corrected chi connectivity index (χ1v) is 4.30. The van der Waals surface area contributed by atoms with Gasteiger partial charge in [-0.25, -0.2) is 4.98 Å². The van der Waals surface area contributed by atoms with Gasteiger partial charge in [0.15, 0.2) is 0 Å². The zero-order chi connectivity index (χ0) is 9.42. The van der Waals surface area contributed by atoms with Gasteiger partial charge < -0.3 is 9.88 Å². The number of imidazole rings is 1. The SMILES string of the molecule is Cc1ccc2nc(N(C)C)[nH]c2c1. The molecular formula is C10H13N3. The highest BCUT2D eigenvalue weighted by Crippen LogP contribution is 2.16. The van der Waals surface area contributed by atoms with Gasteiger partial charge in [0.1, 0.15) is 0 Å². The third kappa shape index (κ3) is 1.37. The summed E-state index contributed by atoms with van der Waals surface area (Å²) in [6.07, 6.45) is 0. The number of nitrogens with one attached hydrogen (secondary N) is 1. The molecule has 0 atom stereocenters. The van der Waals surface area contributed by atoms with Gasteiger partial charge >= 0.3 is 0 Å². The van der Waals surface area contributed by atoms with E-state index in [1.54, 1.807) is 0 Å². The molecule has 0 aliphatic heterocycles. The highest BCUT2D eigenvalue weighted by molar-refractivity contribution is 5.78. The second-order valence-electron chi connectivity index (χ2n) is 3.48. The van der Waals surface area contributed by atoms with Crippen LogP contribution in [-0.4, -0.2) is 24.1 Å². The first-order valence-electron chi connectivity index (χ1n) is 4.30. The minimum atomic E-state index is 0.903. The molecule has 1 N–H and O–H groups in total. The minimum Gasteiger partial charge on any atom is -0.349 e. The van der Waals surface area contributed by atoms with E-state index in [9.17, 15) is 0 Å². The van der Waals surface area contributed by atoms with Crippen LogP contribution >= 0.6 is 0 Å². The standard InChI is InChI=1S/C10H13N3/c1-7-4-5-8-9(6-7)12-10(11-8)13(2)3/h4-6H,1-3H3,(H,11,12). The number of anilines is 1. The van der Waals surface area contributed by atoms with Crippen LogP contribution in [0.5, 0.6) is 0 Å². The summed E-state index contributed by atoms with van der Waals surface area (Å²) < 4.78 is 0. The van der Waals surface area contributed by atoms with E-state index in [2.05, 4.69) is 29.0 Å². The molecule has 3 nitrogen and oxygen atoms in total. The molecule has 1 aromatic carbocycles. The smallest absolute Gasteiger partial charge is 0.203 e. The minimum absolute atomic E-state index is 0.903. The Bertz CT molecular complexity index is 429. The van der Waals surface area contributed by atoms with Gasteiger partial charge in [-0.05, 0) is 24.6 Å². The Balaban J connectivity index is 2.62. The van der Waals surface area contributed by atoms with Gasteiger partial charge in [-0.1, -0.05) is 6.07 Å².